The summed E-state index contributed by atoms with van der Waals surface area (Å²) in [5.41, 5.74) is 2.19. The van der Waals surface area contributed by atoms with Gasteiger partial charge in [-0.05, 0) is 43.9 Å². The Hall–Kier alpha value is -1.69. The maximum atomic E-state index is 12.2. The molecule has 0 radical (unpaired) electrons. The second-order valence-electron chi connectivity index (χ2n) is 4.94. The third-order valence-corrected chi connectivity index (χ3v) is 4.22. The number of aryl methyl sites for hydroxylation is 2. The molecule has 100 valence electrons. The van der Waals surface area contributed by atoms with Crippen LogP contribution in [0.2, 0.25) is 0 Å². The van der Waals surface area contributed by atoms with Crippen LogP contribution in [0.4, 0.5) is 0 Å². The molecule has 0 aromatic carbocycles. The van der Waals surface area contributed by atoms with Crippen LogP contribution in [0.1, 0.15) is 33.5 Å². The molecule has 1 amide bonds. The number of likely N-dealkylation sites (tertiary alicyclic amines) is 1. The predicted molar refractivity (Wildman–Crippen MR) is 73.4 cm³/mol. The fourth-order valence-electron chi connectivity index (χ4n) is 2.62. The van der Waals surface area contributed by atoms with Gasteiger partial charge in [0, 0.05) is 25.0 Å². The van der Waals surface area contributed by atoms with E-state index >= 15 is 0 Å². The molecule has 1 fully saturated rings. The average molecular weight is 276 g/mol. The van der Waals surface area contributed by atoms with Crippen LogP contribution >= 0.6 is 11.5 Å². The second-order valence-corrected chi connectivity index (χ2v) is 5.78. The lowest BCUT2D eigenvalue weighted by molar-refractivity contribution is 0.0791. The standard InChI is InChI=1S/C13H16N4OS/c1-9-7-10(2)17(15-9)11-4-6-16(8-11)13(18)12-3-5-14-19-12/h3,5,7,11H,4,6,8H2,1-2H3. The molecule has 3 heterocycles. The van der Waals surface area contributed by atoms with Crippen molar-refractivity contribution in [3.63, 3.8) is 0 Å². The summed E-state index contributed by atoms with van der Waals surface area (Å²) in [6, 6.07) is 4.16. The number of rotatable bonds is 2. The predicted octanol–water partition coefficient (Wildman–Crippen LogP) is 2.04. The number of hydrogen-bond acceptors (Lipinski definition) is 4. The van der Waals surface area contributed by atoms with Crippen LogP contribution in [0.5, 0.6) is 0 Å². The van der Waals surface area contributed by atoms with E-state index in [1.807, 2.05) is 11.8 Å². The third-order valence-electron chi connectivity index (χ3n) is 3.49. The topological polar surface area (TPSA) is 51.0 Å². The van der Waals surface area contributed by atoms with Crippen LogP contribution in [-0.4, -0.2) is 38.1 Å². The van der Waals surface area contributed by atoms with Crippen molar-refractivity contribution in [2.75, 3.05) is 13.1 Å². The molecule has 0 spiro atoms. The highest BCUT2D eigenvalue weighted by molar-refractivity contribution is 7.08. The average Bonchev–Trinajstić information content (AvgIpc) is 3.08. The molecular weight excluding hydrogens is 260 g/mol. The quantitative estimate of drug-likeness (QED) is 0.843. The van der Waals surface area contributed by atoms with E-state index in [1.165, 1.54) is 11.5 Å². The van der Waals surface area contributed by atoms with Gasteiger partial charge in [-0.2, -0.15) is 5.10 Å². The van der Waals surface area contributed by atoms with Gasteiger partial charge in [-0.25, -0.2) is 4.37 Å². The van der Waals surface area contributed by atoms with Crippen molar-refractivity contribution in [1.29, 1.82) is 0 Å². The Bertz CT molecular complexity index is 590. The van der Waals surface area contributed by atoms with E-state index in [2.05, 4.69) is 27.1 Å². The second kappa shape index (κ2) is 4.77. The normalized spacial score (nSPS) is 19.1. The van der Waals surface area contributed by atoms with Gasteiger partial charge in [-0.15, -0.1) is 0 Å². The van der Waals surface area contributed by atoms with Gasteiger partial charge in [0.15, 0.2) is 0 Å². The Kier molecular flexibility index (Phi) is 3.10. The number of carbonyl (C=O) groups excluding carboxylic acids is 1. The molecule has 1 unspecified atom stereocenters. The van der Waals surface area contributed by atoms with E-state index in [-0.39, 0.29) is 5.91 Å². The zero-order chi connectivity index (χ0) is 13.4. The summed E-state index contributed by atoms with van der Waals surface area (Å²) >= 11 is 1.26. The van der Waals surface area contributed by atoms with E-state index in [0.29, 0.717) is 10.9 Å². The van der Waals surface area contributed by atoms with Gasteiger partial charge in [0.25, 0.3) is 5.91 Å². The van der Waals surface area contributed by atoms with Gasteiger partial charge in [0.05, 0.1) is 11.7 Å². The molecule has 19 heavy (non-hydrogen) atoms. The molecule has 0 bridgehead atoms. The smallest absolute Gasteiger partial charge is 0.265 e. The van der Waals surface area contributed by atoms with Crippen molar-refractivity contribution in [2.45, 2.75) is 26.3 Å². The summed E-state index contributed by atoms with van der Waals surface area (Å²) < 4.78 is 6.04. The summed E-state index contributed by atoms with van der Waals surface area (Å²) in [7, 11) is 0. The minimum atomic E-state index is 0.0894. The zero-order valence-electron chi connectivity index (χ0n) is 11.0. The minimum Gasteiger partial charge on any atom is -0.336 e. The van der Waals surface area contributed by atoms with Crippen LogP contribution < -0.4 is 0 Å². The fourth-order valence-corrected chi connectivity index (χ4v) is 3.19. The fraction of sp³-hybridized carbons (Fsp3) is 0.462. The van der Waals surface area contributed by atoms with Crippen molar-refractivity contribution in [1.82, 2.24) is 19.1 Å². The van der Waals surface area contributed by atoms with Gasteiger partial charge in [0.2, 0.25) is 0 Å². The minimum absolute atomic E-state index is 0.0894. The first-order valence-electron chi connectivity index (χ1n) is 6.38. The maximum absolute atomic E-state index is 12.2. The Labute approximate surface area is 116 Å². The molecule has 5 nitrogen and oxygen atoms in total. The summed E-state index contributed by atoms with van der Waals surface area (Å²) in [4.78, 5) is 14.9. The first kappa shape index (κ1) is 12.3. The highest BCUT2D eigenvalue weighted by Crippen LogP contribution is 2.24. The molecule has 0 N–H and O–H groups in total. The van der Waals surface area contributed by atoms with Crippen molar-refractivity contribution in [2.24, 2.45) is 0 Å². The van der Waals surface area contributed by atoms with E-state index in [4.69, 9.17) is 0 Å². The number of nitrogens with zero attached hydrogens (tertiary/aromatic N) is 4. The summed E-state index contributed by atoms with van der Waals surface area (Å²) in [5.74, 6) is 0.0894. The van der Waals surface area contributed by atoms with Gasteiger partial charge < -0.3 is 4.90 Å². The summed E-state index contributed by atoms with van der Waals surface area (Å²) in [5, 5.41) is 4.52. The highest BCUT2D eigenvalue weighted by atomic mass is 32.1. The number of hydrogen-bond donors (Lipinski definition) is 0. The molecule has 0 saturated carbocycles. The molecule has 1 aliphatic rings. The number of aromatic nitrogens is 3. The van der Waals surface area contributed by atoms with Crippen molar-refractivity contribution < 1.29 is 4.79 Å². The van der Waals surface area contributed by atoms with Crippen LogP contribution in [0.25, 0.3) is 0 Å². The Morgan fingerprint density at radius 2 is 2.32 bits per heavy atom. The van der Waals surface area contributed by atoms with Gasteiger partial charge in [-0.1, -0.05) is 0 Å². The number of amides is 1. The van der Waals surface area contributed by atoms with Crippen molar-refractivity contribution in [3.05, 3.63) is 34.6 Å². The van der Waals surface area contributed by atoms with Gasteiger partial charge in [-0.3, -0.25) is 9.48 Å². The molecule has 3 rings (SSSR count). The Morgan fingerprint density at radius 1 is 1.47 bits per heavy atom. The molecule has 6 heteroatoms. The van der Waals surface area contributed by atoms with Crippen LogP contribution in [0.15, 0.2) is 18.3 Å². The molecule has 2 aromatic rings. The summed E-state index contributed by atoms with van der Waals surface area (Å²) in [6.07, 6.45) is 2.64. The molecule has 0 aliphatic carbocycles. The Balaban J connectivity index is 1.74. The molecule has 1 aliphatic heterocycles. The van der Waals surface area contributed by atoms with Crippen LogP contribution in [0.3, 0.4) is 0 Å². The number of carbonyl (C=O) groups is 1. The van der Waals surface area contributed by atoms with Gasteiger partial charge >= 0.3 is 0 Å². The van der Waals surface area contributed by atoms with E-state index in [0.717, 1.165) is 30.9 Å². The van der Waals surface area contributed by atoms with Crippen molar-refractivity contribution >= 4 is 17.4 Å². The first-order chi connectivity index (χ1) is 9.15. The molecule has 1 atom stereocenters. The Morgan fingerprint density at radius 3 is 2.95 bits per heavy atom. The zero-order valence-corrected chi connectivity index (χ0v) is 11.9. The van der Waals surface area contributed by atoms with Gasteiger partial charge in [0.1, 0.15) is 4.88 Å². The first-order valence-corrected chi connectivity index (χ1v) is 7.15. The van der Waals surface area contributed by atoms with Crippen LogP contribution in [-0.2, 0) is 0 Å². The summed E-state index contributed by atoms with van der Waals surface area (Å²) in [6.45, 7) is 5.59. The van der Waals surface area contributed by atoms with E-state index in [9.17, 15) is 4.79 Å². The lowest BCUT2D eigenvalue weighted by Crippen LogP contribution is -2.28. The molecule has 2 aromatic heterocycles. The molecular formula is C13H16N4OS. The highest BCUT2D eigenvalue weighted by Gasteiger charge is 2.29. The van der Waals surface area contributed by atoms with Crippen LogP contribution in [0, 0.1) is 13.8 Å². The van der Waals surface area contributed by atoms with E-state index < -0.39 is 0 Å². The lowest BCUT2D eigenvalue weighted by atomic mass is 10.2. The molecule has 1 saturated heterocycles. The lowest BCUT2D eigenvalue weighted by Gasteiger charge is -2.16. The SMILES string of the molecule is Cc1cc(C)n(C2CCN(C(=O)c3ccns3)C2)n1. The van der Waals surface area contributed by atoms with Crippen molar-refractivity contribution in [3.8, 4) is 0 Å². The maximum Gasteiger partial charge on any atom is 0.265 e. The monoisotopic (exact) mass is 276 g/mol. The largest absolute Gasteiger partial charge is 0.336 e. The third kappa shape index (κ3) is 2.28. The van der Waals surface area contributed by atoms with E-state index in [1.54, 1.807) is 12.3 Å².